The van der Waals surface area contributed by atoms with Crippen LogP contribution < -0.4 is 0 Å². The van der Waals surface area contributed by atoms with Crippen molar-refractivity contribution in [2.24, 2.45) is 0 Å². The predicted molar refractivity (Wildman–Crippen MR) is 47.3 cm³/mol. The molecule has 62 valence electrons. The van der Waals surface area contributed by atoms with Gasteiger partial charge in [0.1, 0.15) is 0 Å². The van der Waals surface area contributed by atoms with E-state index in [0.29, 0.717) is 0 Å². The number of hydrogen-bond donors (Lipinski definition) is 0. The summed E-state index contributed by atoms with van der Waals surface area (Å²) in [5, 5.41) is 0. The van der Waals surface area contributed by atoms with Gasteiger partial charge in [-0.3, -0.25) is 0 Å². The van der Waals surface area contributed by atoms with Crippen molar-refractivity contribution in [1.82, 2.24) is 4.90 Å². The van der Waals surface area contributed by atoms with E-state index in [-0.39, 0.29) is 0 Å². The molecule has 0 amide bonds. The van der Waals surface area contributed by atoms with Gasteiger partial charge in [-0.1, -0.05) is 20.8 Å². The van der Waals surface area contributed by atoms with E-state index in [4.69, 9.17) is 0 Å². The van der Waals surface area contributed by atoms with Crippen molar-refractivity contribution in [3.8, 4) is 0 Å². The van der Waals surface area contributed by atoms with Gasteiger partial charge in [0, 0.05) is 0 Å². The summed E-state index contributed by atoms with van der Waals surface area (Å²) in [7, 11) is 0. The maximum Gasteiger partial charge on any atom is -0.00183 e. The number of hydrogen-bond acceptors (Lipinski definition) is 1. The Labute approximate surface area is 65.4 Å². The molecule has 1 fully saturated rings. The van der Waals surface area contributed by atoms with Gasteiger partial charge in [0.2, 0.25) is 0 Å². The molecule has 1 heteroatoms. The minimum absolute atomic E-state index is 1.32. The van der Waals surface area contributed by atoms with E-state index in [1.54, 1.807) is 0 Å². The highest BCUT2D eigenvalue weighted by Crippen LogP contribution is 2.06. The average Bonchev–Trinajstić information content (AvgIpc) is 2.46. The molecular weight excluding hydrogens is 122 g/mol. The molecule has 0 radical (unpaired) electrons. The van der Waals surface area contributed by atoms with Gasteiger partial charge in [0.05, 0.1) is 0 Å². The highest BCUT2D eigenvalue weighted by Gasteiger charge is 2.08. The zero-order valence-electron chi connectivity index (χ0n) is 7.69. The van der Waals surface area contributed by atoms with E-state index in [0.717, 1.165) is 0 Å². The molecule has 1 nitrogen and oxygen atoms in total. The van der Waals surface area contributed by atoms with Gasteiger partial charge < -0.3 is 4.90 Å². The lowest BCUT2D eigenvalue weighted by Gasteiger charge is -2.11. The maximum atomic E-state index is 2.54. The molecule has 0 saturated carbocycles. The second-order valence-electron chi connectivity index (χ2n) is 2.55. The molecule has 0 aromatic carbocycles. The van der Waals surface area contributed by atoms with Crippen molar-refractivity contribution in [3.05, 3.63) is 0 Å². The summed E-state index contributed by atoms with van der Waals surface area (Å²) in [5.41, 5.74) is 0. The fourth-order valence-corrected chi connectivity index (χ4v) is 1.32. The molecule has 1 heterocycles. The Bertz CT molecular complexity index is 55.7. The zero-order valence-corrected chi connectivity index (χ0v) is 7.69. The first-order chi connectivity index (χ1) is 4.93. The van der Waals surface area contributed by atoms with Crippen LogP contribution >= 0.6 is 0 Å². The van der Waals surface area contributed by atoms with Crippen LogP contribution in [0, 0.1) is 0 Å². The van der Waals surface area contributed by atoms with Gasteiger partial charge in [-0.2, -0.15) is 0 Å². The number of nitrogens with zero attached hydrogens (tertiary/aromatic N) is 1. The van der Waals surface area contributed by atoms with E-state index in [9.17, 15) is 0 Å². The zero-order chi connectivity index (χ0) is 7.82. The standard InChI is InChI=1S/C7H15N.C2H6/c1-2-5-8-6-3-4-7-8;1-2/h2-7H2,1H3;1-2H3. The highest BCUT2D eigenvalue weighted by atomic mass is 15.1. The molecule has 1 aliphatic heterocycles. The van der Waals surface area contributed by atoms with Crippen LogP contribution in [0.15, 0.2) is 0 Å². The van der Waals surface area contributed by atoms with Crippen molar-refractivity contribution in [2.75, 3.05) is 19.6 Å². The smallest absolute Gasteiger partial charge is 0.00183 e. The summed E-state index contributed by atoms with van der Waals surface area (Å²) in [6.45, 7) is 10.3. The molecule has 0 unspecified atom stereocenters. The topological polar surface area (TPSA) is 3.24 Å². The van der Waals surface area contributed by atoms with Crippen LogP contribution in [-0.4, -0.2) is 24.5 Å². The summed E-state index contributed by atoms with van der Waals surface area (Å²) in [5.74, 6) is 0. The molecule has 10 heavy (non-hydrogen) atoms. The molecule has 0 spiro atoms. The normalized spacial score (nSPS) is 18.3. The Morgan fingerprint density at radius 1 is 1.10 bits per heavy atom. The van der Waals surface area contributed by atoms with Crippen LogP contribution in [0.3, 0.4) is 0 Å². The van der Waals surface area contributed by atoms with Gasteiger partial charge in [0.15, 0.2) is 0 Å². The summed E-state index contributed by atoms with van der Waals surface area (Å²) < 4.78 is 0. The lowest BCUT2D eigenvalue weighted by atomic mass is 10.4. The SMILES string of the molecule is CC.CCCN1CCCC1. The average molecular weight is 143 g/mol. The van der Waals surface area contributed by atoms with Crippen molar-refractivity contribution in [3.63, 3.8) is 0 Å². The Morgan fingerprint density at radius 3 is 2.00 bits per heavy atom. The fourth-order valence-electron chi connectivity index (χ4n) is 1.32. The minimum Gasteiger partial charge on any atom is -0.303 e. The lowest BCUT2D eigenvalue weighted by Crippen LogP contribution is -2.19. The molecule has 0 aliphatic carbocycles. The van der Waals surface area contributed by atoms with Crippen LogP contribution in [-0.2, 0) is 0 Å². The fraction of sp³-hybridized carbons (Fsp3) is 1.00. The van der Waals surface area contributed by atoms with Crippen molar-refractivity contribution in [1.29, 1.82) is 0 Å². The third-order valence-corrected chi connectivity index (χ3v) is 1.74. The lowest BCUT2D eigenvalue weighted by molar-refractivity contribution is 0.339. The van der Waals surface area contributed by atoms with Gasteiger partial charge in [-0.05, 0) is 38.9 Å². The maximum absolute atomic E-state index is 2.54. The number of rotatable bonds is 2. The van der Waals surface area contributed by atoms with E-state index in [2.05, 4.69) is 11.8 Å². The molecule has 1 saturated heterocycles. The van der Waals surface area contributed by atoms with E-state index in [1.807, 2.05) is 13.8 Å². The Balaban J connectivity index is 0.000000371. The first-order valence-corrected chi connectivity index (χ1v) is 4.66. The summed E-state index contributed by atoms with van der Waals surface area (Å²) >= 11 is 0. The largest absolute Gasteiger partial charge is 0.303 e. The second-order valence-corrected chi connectivity index (χ2v) is 2.55. The first kappa shape index (κ1) is 9.96. The molecule has 0 aromatic rings. The molecule has 1 aliphatic rings. The van der Waals surface area contributed by atoms with Crippen molar-refractivity contribution >= 4 is 0 Å². The molecular formula is C9H21N. The Hall–Kier alpha value is -0.0400. The van der Waals surface area contributed by atoms with Crippen molar-refractivity contribution in [2.45, 2.75) is 40.0 Å². The third kappa shape index (κ3) is 3.89. The monoisotopic (exact) mass is 143 g/mol. The second kappa shape index (κ2) is 7.07. The molecule has 0 aromatic heterocycles. The molecule has 0 bridgehead atoms. The van der Waals surface area contributed by atoms with Crippen LogP contribution in [0.25, 0.3) is 0 Å². The van der Waals surface area contributed by atoms with Gasteiger partial charge in [-0.15, -0.1) is 0 Å². The summed E-state index contributed by atoms with van der Waals surface area (Å²) in [6.07, 6.45) is 4.18. The molecule has 0 atom stereocenters. The van der Waals surface area contributed by atoms with E-state index < -0.39 is 0 Å². The van der Waals surface area contributed by atoms with Crippen LogP contribution in [0.2, 0.25) is 0 Å². The van der Waals surface area contributed by atoms with Gasteiger partial charge >= 0.3 is 0 Å². The van der Waals surface area contributed by atoms with Crippen molar-refractivity contribution < 1.29 is 0 Å². The van der Waals surface area contributed by atoms with Crippen LogP contribution in [0.5, 0.6) is 0 Å². The van der Waals surface area contributed by atoms with E-state index >= 15 is 0 Å². The quantitative estimate of drug-likeness (QED) is 0.574. The van der Waals surface area contributed by atoms with Crippen LogP contribution in [0.4, 0.5) is 0 Å². The Kier molecular flexibility index (Phi) is 7.04. The minimum atomic E-state index is 1.32. The molecule has 0 N–H and O–H groups in total. The predicted octanol–water partition coefficient (Wildman–Crippen LogP) is 2.52. The van der Waals surface area contributed by atoms with Gasteiger partial charge in [-0.25, -0.2) is 0 Å². The third-order valence-electron chi connectivity index (χ3n) is 1.74. The highest BCUT2D eigenvalue weighted by molar-refractivity contribution is 4.64. The van der Waals surface area contributed by atoms with E-state index in [1.165, 1.54) is 38.9 Å². The van der Waals surface area contributed by atoms with Crippen LogP contribution in [0.1, 0.15) is 40.0 Å². The Morgan fingerprint density at radius 2 is 1.60 bits per heavy atom. The molecule has 1 rings (SSSR count). The number of likely N-dealkylation sites (tertiary alicyclic amines) is 1. The first-order valence-electron chi connectivity index (χ1n) is 4.66. The summed E-state index contributed by atoms with van der Waals surface area (Å²) in [6, 6.07) is 0. The summed E-state index contributed by atoms with van der Waals surface area (Å²) in [4.78, 5) is 2.54. The van der Waals surface area contributed by atoms with Gasteiger partial charge in [0.25, 0.3) is 0 Å².